The van der Waals surface area contributed by atoms with Crippen LogP contribution >= 0.6 is 0 Å². The predicted octanol–water partition coefficient (Wildman–Crippen LogP) is 5.16. The number of piperidine rings is 1. The number of nitrogens with zero attached hydrogens (tertiary/aromatic N) is 3. The topological polar surface area (TPSA) is 36.0 Å². The summed E-state index contributed by atoms with van der Waals surface area (Å²) in [5, 5.41) is 0. The third kappa shape index (κ3) is 6.32. The average molecular weight is 464 g/mol. The summed E-state index contributed by atoms with van der Waals surface area (Å²) >= 11 is 0. The molecule has 5 nitrogen and oxygen atoms in total. The number of benzene rings is 2. The van der Waals surface area contributed by atoms with E-state index in [4.69, 9.17) is 4.74 Å². The van der Waals surface area contributed by atoms with Gasteiger partial charge in [-0.2, -0.15) is 0 Å². The van der Waals surface area contributed by atoms with Gasteiger partial charge in [-0.3, -0.25) is 4.79 Å². The molecule has 4 rings (SSSR count). The normalized spacial score (nSPS) is 18.7. The lowest BCUT2D eigenvalue weighted by molar-refractivity contribution is 0.0746. The lowest BCUT2D eigenvalue weighted by Gasteiger charge is -2.38. The molecule has 2 fully saturated rings. The zero-order valence-corrected chi connectivity index (χ0v) is 21.5. The zero-order chi connectivity index (χ0) is 24.1. The molecule has 2 heterocycles. The van der Waals surface area contributed by atoms with Crippen LogP contribution in [-0.2, 0) is 0 Å². The van der Waals surface area contributed by atoms with E-state index in [1.807, 2.05) is 30.9 Å². The molecular weight excluding hydrogens is 422 g/mol. The molecule has 2 saturated heterocycles. The van der Waals surface area contributed by atoms with Gasteiger partial charge >= 0.3 is 0 Å². The molecule has 2 aliphatic heterocycles. The first kappa shape index (κ1) is 24.6. The molecule has 184 valence electrons. The van der Waals surface area contributed by atoms with Crippen LogP contribution in [0.3, 0.4) is 0 Å². The molecule has 0 atom stereocenters. The van der Waals surface area contributed by atoms with E-state index in [2.05, 4.69) is 54.0 Å². The summed E-state index contributed by atoms with van der Waals surface area (Å²) in [5.41, 5.74) is 4.66. The summed E-state index contributed by atoms with van der Waals surface area (Å²) in [7, 11) is 0. The van der Waals surface area contributed by atoms with Gasteiger partial charge in [0.2, 0.25) is 0 Å². The number of anilines is 1. The third-order valence-corrected chi connectivity index (χ3v) is 7.26. The molecule has 0 bridgehead atoms. The zero-order valence-electron chi connectivity index (χ0n) is 21.5. The van der Waals surface area contributed by atoms with Gasteiger partial charge in [-0.25, -0.2) is 0 Å². The number of likely N-dealkylation sites (tertiary alicyclic amines) is 1. The summed E-state index contributed by atoms with van der Waals surface area (Å²) < 4.78 is 6.01. The van der Waals surface area contributed by atoms with Crippen LogP contribution < -0.4 is 9.64 Å². The number of ether oxygens (including phenoxy) is 1. The van der Waals surface area contributed by atoms with Gasteiger partial charge in [0.15, 0.2) is 0 Å². The maximum atomic E-state index is 13.0. The van der Waals surface area contributed by atoms with Crippen LogP contribution in [-0.4, -0.2) is 68.1 Å². The third-order valence-electron chi connectivity index (χ3n) is 7.26. The van der Waals surface area contributed by atoms with Crippen molar-refractivity contribution in [1.82, 2.24) is 9.80 Å². The number of hydrogen-bond donors (Lipinski definition) is 0. The first-order valence-electron chi connectivity index (χ1n) is 12.9. The molecule has 2 aromatic rings. The maximum absolute atomic E-state index is 13.0. The highest BCUT2D eigenvalue weighted by atomic mass is 16.5. The lowest BCUT2D eigenvalue weighted by atomic mass is 9.84. The highest BCUT2D eigenvalue weighted by Gasteiger charge is 2.26. The van der Waals surface area contributed by atoms with Crippen LogP contribution in [0.2, 0.25) is 0 Å². The Bertz CT molecular complexity index is 962. The molecule has 0 radical (unpaired) electrons. The van der Waals surface area contributed by atoms with E-state index in [0.29, 0.717) is 5.41 Å². The molecule has 0 saturated carbocycles. The molecule has 34 heavy (non-hydrogen) atoms. The molecule has 2 aliphatic rings. The summed E-state index contributed by atoms with van der Waals surface area (Å²) in [4.78, 5) is 19.9. The van der Waals surface area contributed by atoms with E-state index in [0.717, 1.165) is 68.2 Å². The van der Waals surface area contributed by atoms with E-state index in [1.54, 1.807) is 0 Å². The van der Waals surface area contributed by atoms with Crippen molar-refractivity contribution in [3.05, 3.63) is 59.2 Å². The minimum absolute atomic E-state index is 0.151. The highest BCUT2D eigenvalue weighted by Crippen LogP contribution is 2.28. The number of amides is 1. The Morgan fingerprint density at radius 3 is 2.41 bits per heavy atom. The Kier molecular flexibility index (Phi) is 7.82. The van der Waals surface area contributed by atoms with Crippen molar-refractivity contribution in [2.24, 2.45) is 5.41 Å². The Morgan fingerprint density at radius 1 is 0.971 bits per heavy atom. The molecule has 0 N–H and O–H groups in total. The Balaban J connectivity index is 1.21. The van der Waals surface area contributed by atoms with E-state index < -0.39 is 0 Å². The Morgan fingerprint density at radius 2 is 1.71 bits per heavy atom. The van der Waals surface area contributed by atoms with Crippen LogP contribution in [0.4, 0.5) is 5.69 Å². The smallest absolute Gasteiger partial charge is 0.254 e. The maximum Gasteiger partial charge on any atom is 0.254 e. The van der Waals surface area contributed by atoms with Crippen molar-refractivity contribution < 1.29 is 9.53 Å². The largest absolute Gasteiger partial charge is 0.494 e. The predicted molar refractivity (Wildman–Crippen MR) is 140 cm³/mol. The molecule has 1 amide bonds. The van der Waals surface area contributed by atoms with Gasteiger partial charge in [0.1, 0.15) is 5.75 Å². The fourth-order valence-corrected chi connectivity index (χ4v) is 5.27. The van der Waals surface area contributed by atoms with E-state index in [1.165, 1.54) is 31.6 Å². The van der Waals surface area contributed by atoms with Gasteiger partial charge in [0.05, 0.1) is 6.61 Å². The molecule has 0 spiro atoms. The van der Waals surface area contributed by atoms with Crippen molar-refractivity contribution >= 4 is 11.6 Å². The fourth-order valence-electron chi connectivity index (χ4n) is 5.27. The Hall–Kier alpha value is -2.53. The fraction of sp³-hybridized carbons (Fsp3) is 0.552. The number of carbonyl (C=O) groups is 1. The minimum Gasteiger partial charge on any atom is -0.494 e. The molecular formula is C29H41N3O2. The first-order chi connectivity index (χ1) is 16.3. The second-order valence-corrected chi connectivity index (χ2v) is 10.8. The molecule has 2 aromatic carbocycles. The minimum atomic E-state index is 0.151. The monoisotopic (exact) mass is 463 g/mol. The number of carbonyl (C=O) groups excluding carboxylic acids is 1. The van der Waals surface area contributed by atoms with Crippen molar-refractivity contribution in [1.29, 1.82) is 0 Å². The summed E-state index contributed by atoms with van der Waals surface area (Å²) in [6.45, 7) is 16.3. The number of hydrogen-bond acceptors (Lipinski definition) is 4. The number of rotatable bonds is 7. The van der Waals surface area contributed by atoms with Crippen molar-refractivity contribution in [3.8, 4) is 5.75 Å². The van der Waals surface area contributed by atoms with Gasteiger partial charge in [-0.1, -0.05) is 31.5 Å². The lowest BCUT2D eigenvalue weighted by Crippen LogP contribution is -2.49. The van der Waals surface area contributed by atoms with Crippen molar-refractivity contribution in [2.75, 3.05) is 57.3 Å². The highest BCUT2D eigenvalue weighted by molar-refractivity contribution is 5.96. The summed E-state index contributed by atoms with van der Waals surface area (Å²) in [6, 6.07) is 14.6. The molecule has 5 heteroatoms. The van der Waals surface area contributed by atoms with Gasteiger partial charge in [-0.05, 0) is 81.0 Å². The number of piperazine rings is 1. The second kappa shape index (κ2) is 10.8. The van der Waals surface area contributed by atoms with Gasteiger partial charge in [0.25, 0.3) is 5.91 Å². The van der Waals surface area contributed by atoms with Crippen LogP contribution in [0, 0.1) is 19.3 Å². The summed E-state index contributed by atoms with van der Waals surface area (Å²) in [6.07, 6.45) is 3.71. The van der Waals surface area contributed by atoms with Gasteiger partial charge < -0.3 is 19.4 Å². The first-order valence-corrected chi connectivity index (χ1v) is 12.9. The van der Waals surface area contributed by atoms with Gasteiger partial charge in [0, 0.05) is 50.5 Å². The van der Waals surface area contributed by atoms with Crippen LogP contribution in [0.5, 0.6) is 5.75 Å². The molecule has 0 unspecified atom stereocenters. The van der Waals surface area contributed by atoms with E-state index >= 15 is 0 Å². The summed E-state index contributed by atoms with van der Waals surface area (Å²) in [5.74, 6) is 1.09. The van der Waals surface area contributed by atoms with Gasteiger partial charge in [-0.15, -0.1) is 0 Å². The number of aryl methyl sites for hydroxylation is 2. The molecule has 0 aliphatic carbocycles. The standard InChI is InChI=1S/C29H41N3O2/c1-23-7-8-24(2)27(21-23)28(33)32-18-16-31(17-19-32)25-9-11-26(12-10-25)34-20-6-15-30-14-5-13-29(3,4)22-30/h7-12,21H,5-6,13-20,22H2,1-4H3. The van der Waals surface area contributed by atoms with Crippen LogP contribution in [0.25, 0.3) is 0 Å². The van der Waals surface area contributed by atoms with Crippen LogP contribution in [0.1, 0.15) is 54.6 Å². The second-order valence-electron chi connectivity index (χ2n) is 10.8. The quantitative estimate of drug-likeness (QED) is 0.532. The van der Waals surface area contributed by atoms with E-state index in [9.17, 15) is 4.79 Å². The van der Waals surface area contributed by atoms with Crippen molar-refractivity contribution in [3.63, 3.8) is 0 Å². The molecule has 0 aromatic heterocycles. The average Bonchev–Trinajstić information content (AvgIpc) is 2.83. The van der Waals surface area contributed by atoms with Crippen LogP contribution in [0.15, 0.2) is 42.5 Å². The van der Waals surface area contributed by atoms with Crippen molar-refractivity contribution in [2.45, 2.75) is 47.0 Å². The van der Waals surface area contributed by atoms with E-state index in [-0.39, 0.29) is 5.91 Å². The Labute approximate surface area is 205 Å². The SMILES string of the molecule is Cc1ccc(C)c(C(=O)N2CCN(c3ccc(OCCCN4CCCC(C)(C)C4)cc3)CC2)c1.